The predicted molar refractivity (Wildman–Crippen MR) is 93.4 cm³/mol. The van der Waals surface area contributed by atoms with E-state index in [4.69, 9.17) is 0 Å². The average molecular weight is 353 g/mol. The number of halogens is 1. The molecule has 2 rings (SSSR count). The lowest BCUT2D eigenvalue weighted by Crippen LogP contribution is -2.23. The lowest BCUT2D eigenvalue weighted by atomic mass is 10.2. The van der Waals surface area contributed by atoms with Crippen LogP contribution in [0.2, 0.25) is 0 Å². The van der Waals surface area contributed by atoms with Crippen LogP contribution in [0.1, 0.15) is 44.9 Å². The molecule has 0 bridgehead atoms. The number of nitrogens with one attached hydrogen (secondary N) is 1. The van der Waals surface area contributed by atoms with Crippen molar-refractivity contribution in [1.82, 2.24) is 0 Å². The Kier molecular flexibility index (Phi) is 7.07. The molecule has 116 valence electrons. The van der Waals surface area contributed by atoms with Crippen LogP contribution in [0.5, 0.6) is 0 Å². The second-order valence-corrected chi connectivity index (χ2v) is 6.44. The van der Waals surface area contributed by atoms with Gasteiger partial charge >= 0.3 is 0 Å². The zero-order valence-corrected chi connectivity index (χ0v) is 14.2. The molecule has 1 N–H and O–H groups in total. The van der Waals surface area contributed by atoms with Crippen LogP contribution < -0.4 is 10.2 Å². The Morgan fingerprint density at radius 1 is 1.05 bits per heavy atom. The van der Waals surface area contributed by atoms with Crippen LogP contribution in [0.4, 0.5) is 11.4 Å². The first-order valence-electron chi connectivity index (χ1n) is 8.00. The monoisotopic (exact) mass is 352 g/mol. The van der Waals surface area contributed by atoms with Gasteiger partial charge in [0, 0.05) is 36.2 Å². The van der Waals surface area contributed by atoms with E-state index in [1.807, 2.05) is 12.1 Å². The summed E-state index contributed by atoms with van der Waals surface area (Å²) < 4.78 is 0. The maximum Gasteiger partial charge on any atom is 0.224 e. The first-order chi connectivity index (χ1) is 10.3. The van der Waals surface area contributed by atoms with Crippen LogP contribution in [-0.4, -0.2) is 24.3 Å². The molecule has 1 aromatic carbocycles. The van der Waals surface area contributed by atoms with Crippen molar-refractivity contribution in [3.8, 4) is 0 Å². The van der Waals surface area contributed by atoms with Crippen molar-refractivity contribution in [2.75, 3.05) is 28.6 Å². The van der Waals surface area contributed by atoms with Gasteiger partial charge in [-0.3, -0.25) is 4.79 Å². The third-order valence-electron chi connectivity index (χ3n) is 3.91. The number of carbonyl (C=O) groups excluding carboxylic acids is 1. The summed E-state index contributed by atoms with van der Waals surface area (Å²) in [6.07, 6.45) is 7.83. The molecule has 0 aliphatic carbocycles. The predicted octanol–water partition coefficient (Wildman–Crippen LogP) is 4.57. The highest BCUT2D eigenvalue weighted by atomic mass is 79.9. The summed E-state index contributed by atoms with van der Waals surface area (Å²) in [4.78, 5) is 14.2. The van der Waals surface area contributed by atoms with Gasteiger partial charge in [-0.2, -0.15) is 0 Å². The third kappa shape index (κ3) is 5.70. The fourth-order valence-electron chi connectivity index (χ4n) is 2.69. The molecule has 1 fully saturated rings. The molecule has 1 aliphatic rings. The number of alkyl halides is 1. The van der Waals surface area contributed by atoms with Gasteiger partial charge in [0.05, 0.1) is 0 Å². The second kappa shape index (κ2) is 9.08. The third-order valence-corrected chi connectivity index (χ3v) is 4.47. The van der Waals surface area contributed by atoms with Gasteiger partial charge in [0.2, 0.25) is 5.91 Å². The van der Waals surface area contributed by atoms with Gasteiger partial charge in [-0.05, 0) is 49.9 Å². The van der Waals surface area contributed by atoms with Gasteiger partial charge in [0.1, 0.15) is 0 Å². The number of amides is 1. The van der Waals surface area contributed by atoms with Crippen molar-refractivity contribution in [3.05, 3.63) is 24.3 Å². The Morgan fingerprint density at radius 2 is 1.71 bits per heavy atom. The highest BCUT2D eigenvalue weighted by Gasteiger charge is 2.10. The number of hydrogen-bond acceptors (Lipinski definition) is 2. The molecule has 21 heavy (non-hydrogen) atoms. The molecule has 0 aromatic heterocycles. The molecule has 3 nitrogen and oxygen atoms in total. The average Bonchev–Trinajstić information content (AvgIpc) is 2.77. The van der Waals surface area contributed by atoms with Crippen LogP contribution in [0.15, 0.2) is 24.3 Å². The number of carbonyl (C=O) groups is 1. The SMILES string of the molecule is O=C(CCCCBr)Nc1ccc(N2CCCCCC2)cc1. The topological polar surface area (TPSA) is 32.3 Å². The largest absolute Gasteiger partial charge is 0.372 e. The smallest absolute Gasteiger partial charge is 0.224 e. The molecule has 1 aliphatic heterocycles. The Morgan fingerprint density at radius 3 is 2.33 bits per heavy atom. The molecule has 4 heteroatoms. The standard InChI is InChI=1S/C17H25BrN2O/c18-12-4-3-7-17(21)19-15-8-10-16(11-9-15)20-13-5-1-2-6-14-20/h8-11H,1-7,12-14H2,(H,19,21). The molecule has 0 unspecified atom stereocenters. The van der Waals surface area contributed by atoms with E-state index in [0.717, 1.165) is 36.9 Å². The number of hydrogen-bond donors (Lipinski definition) is 1. The van der Waals surface area contributed by atoms with Crippen LogP contribution in [0.3, 0.4) is 0 Å². The number of anilines is 2. The highest BCUT2D eigenvalue weighted by Crippen LogP contribution is 2.21. The minimum absolute atomic E-state index is 0.110. The van der Waals surface area contributed by atoms with Crippen LogP contribution in [0.25, 0.3) is 0 Å². The second-order valence-electron chi connectivity index (χ2n) is 5.64. The molecule has 0 atom stereocenters. The summed E-state index contributed by atoms with van der Waals surface area (Å²) in [6.45, 7) is 2.30. The fraction of sp³-hybridized carbons (Fsp3) is 0.588. The van der Waals surface area contributed by atoms with Gasteiger partial charge in [-0.15, -0.1) is 0 Å². The zero-order chi connectivity index (χ0) is 14.9. The zero-order valence-electron chi connectivity index (χ0n) is 12.6. The summed E-state index contributed by atoms with van der Waals surface area (Å²) in [5.74, 6) is 0.110. The van der Waals surface area contributed by atoms with Gasteiger partial charge < -0.3 is 10.2 Å². The summed E-state index contributed by atoms with van der Waals surface area (Å²) in [7, 11) is 0. The maximum absolute atomic E-state index is 11.8. The minimum atomic E-state index is 0.110. The number of unbranched alkanes of at least 4 members (excludes halogenated alkanes) is 1. The van der Waals surface area contributed by atoms with Gasteiger partial charge in [0.15, 0.2) is 0 Å². The molecule has 0 radical (unpaired) electrons. The van der Waals surface area contributed by atoms with Crippen molar-refractivity contribution in [3.63, 3.8) is 0 Å². The molecule has 0 saturated carbocycles. The molecule has 0 spiro atoms. The van der Waals surface area contributed by atoms with Gasteiger partial charge in [0.25, 0.3) is 0 Å². The summed E-state index contributed by atoms with van der Waals surface area (Å²) in [5.41, 5.74) is 2.17. The molecular formula is C17H25BrN2O. The minimum Gasteiger partial charge on any atom is -0.372 e. The molecule has 1 saturated heterocycles. The Balaban J connectivity index is 1.84. The van der Waals surface area contributed by atoms with E-state index in [0.29, 0.717) is 6.42 Å². The molecule has 1 aromatic rings. The Hall–Kier alpha value is -1.03. The van der Waals surface area contributed by atoms with Crippen LogP contribution in [0, 0.1) is 0 Å². The van der Waals surface area contributed by atoms with Crippen molar-refractivity contribution in [2.24, 2.45) is 0 Å². The molecule has 1 amide bonds. The Bertz CT molecular complexity index is 425. The number of benzene rings is 1. The number of nitrogens with zero attached hydrogens (tertiary/aromatic N) is 1. The quantitative estimate of drug-likeness (QED) is 0.600. The van der Waals surface area contributed by atoms with Crippen molar-refractivity contribution < 1.29 is 4.79 Å². The van der Waals surface area contributed by atoms with Gasteiger partial charge in [-0.25, -0.2) is 0 Å². The van der Waals surface area contributed by atoms with E-state index < -0.39 is 0 Å². The first kappa shape index (κ1) is 16.3. The molecular weight excluding hydrogens is 328 g/mol. The van der Waals surface area contributed by atoms with E-state index in [1.54, 1.807) is 0 Å². The summed E-state index contributed by atoms with van der Waals surface area (Å²) >= 11 is 3.38. The van der Waals surface area contributed by atoms with Crippen LogP contribution in [-0.2, 0) is 4.79 Å². The highest BCUT2D eigenvalue weighted by molar-refractivity contribution is 9.09. The van der Waals surface area contributed by atoms with Crippen LogP contribution >= 0.6 is 15.9 Å². The van der Waals surface area contributed by atoms with E-state index in [2.05, 4.69) is 38.3 Å². The Labute approximate surface area is 136 Å². The fourth-order valence-corrected chi connectivity index (χ4v) is 3.08. The molecule has 1 heterocycles. The van der Waals surface area contributed by atoms with Gasteiger partial charge in [-0.1, -0.05) is 28.8 Å². The summed E-state index contributed by atoms with van der Waals surface area (Å²) in [6, 6.07) is 8.28. The van der Waals surface area contributed by atoms with Crippen molar-refractivity contribution in [1.29, 1.82) is 0 Å². The van der Waals surface area contributed by atoms with E-state index >= 15 is 0 Å². The lowest BCUT2D eigenvalue weighted by Gasteiger charge is -2.22. The summed E-state index contributed by atoms with van der Waals surface area (Å²) in [5, 5.41) is 3.93. The van der Waals surface area contributed by atoms with E-state index in [9.17, 15) is 4.79 Å². The van der Waals surface area contributed by atoms with E-state index in [1.165, 1.54) is 31.4 Å². The van der Waals surface area contributed by atoms with Crippen molar-refractivity contribution >= 4 is 33.2 Å². The van der Waals surface area contributed by atoms with E-state index in [-0.39, 0.29) is 5.91 Å². The first-order valence-corrected chi connectivity index (χ1v) is 9.12. The number of rotatable bonds is 6. The van der Waals surface area contributed by atoms with Crippen molar-refractivity contribution in [2.45, 2.75) is 44.9 Å². The normalized spacial score (nSPS) is 15.6. The lowest BCUT2D eigenvalue weighted by molar-refractivity contribution is -0.116. The maximum atomic E-state index is 11.8.